The van der Waals surface area contributed by atoms with E-state index in [1.165, 1.54) is 4.68 Å². The van der Waals surface area contributed by atoms with Crippen LogP contribution in [0.25, 0.3) is 28.0 Å². The lowest BCUT2D eigenvalue weighted by Gasteiger charge is -2.13. The fraction of sp³-hybridized carbons (Fsp3) is 0.172. The molecular weight excluding hydrogens is 463 g/mol. The van der Waals surface area contributed by atoms with Crippen molar-refractivity contribution in [2.75, 3.05) is 0 Å². The smallest absolute Gasteiger partial charge is 0.417 e. The summed E-state index contributed by atoms with van der Waals surface area (Å²) >= 11 is 0. The van der Waals surface area contributed by atoms with E-state index in [0.717, 1.165) is 22.8 Å². The van der Waals surface area contributed by atoms with E-state index in [0.29, 0.717) is 23.6 Å². The van der Waals surface area contributed by atoms with Gasteiger partial charge in [-0.05, 0) is 74.4 Å². The molecular formula is C29H24F3N3O. The zero-order chi connectivity index (χ0) is 25.4. The van der Waals surface area contributed by atoms with E-state index in [1.54, 1.807) is 31.2 Å². The molecule has 0 saturated carbocycles. The summed E-state index contributed by atoms with van der Waals surface area (Å²) in [5.74, 6) is 0.625. The topological polar surface area (TPSA) is 39.9 Å². The Morgan fingerprint density at radius 2 is 1.56 bits per heavy atom. The van der Waals surface area contributed by atoms with E-state index in [4.69, 9.17) is 4.74 Å². The van der Waals surface area contributed by atoms with Crippen molar-refractivity contribution in [3.8, 4) is 22.7 Å². The lowest BCUT2D eigenvalue weighted by atomic mass is 10.0. The van der Waals surface area contributed by atoms with Crippen LogP contribution in [0.5, 0.6) is 5.75 Å². The number of alkyl halides is 3. The predicted octanol–water partition coefficient (Wildman–Crippen LogP) is 7.61. The van der Waals surface area contributed by atoms with E-state index >= 15 is 0 Å². The Bertz CT molecular complexity index is 1540. The van der Waals surface area contributed by atoms with E-state index in [-0.39, 0.29) is 22.4 Å². The normalized spacial score (nSPS) is 11.7. The second-order valence-corrected chi connectivity index (χ2v) is 8.82. The molecule has 0 bridgehead atoms. The quantitative estimate of drug-likeness (QED) is 0.256. The average Bonchev–Trinajstić information content (AvgIpc) is 3.19. The van der Waals surface area contributed by atoms with Gasteiger partial charge in [0, 0.05) is 5.56 Å². The van der Waals surface area contributed by atoms with E-state index < -0.39 is 11.7 Å². The molecule has 3 aromatic carbocycles. The van der Waals surface area contributed by atoms with Crippen molar-refractivity contribution in [2.24, 2.45) is 0 Å². The standard InChI is InChI=1S/C29H24F3N3O/c1-18-8-12-23(13-9-18)35-28-27(20(3)34-35)25(29(30,31)32)16-26(33-28)21-10-14-24(15-11-21)36-17-22-7-5-4-6-19(22)2/h4-16H,17H2,1-3H3. The minimum absolute atomic E-state index is 0.00464. The minimum Gasteiger partial charge on any atom is -0.489 e. The first-order valence-corrected chi connectivity index (χ1v) is 11.5. The highest BCUT2D eigenvalue weighted by atomic mass is 19.4. The molecule has 0 N–H and O–H groups in total. The van der Waals surface area contributed by atoms with Crippen molar-refractivity contribution in [2.45, 2.75) is 33.6 Å². The van der Waals surface area contributed by atoms with Crippen molar-refractivity contribution in [3.05, 3.63) is 107 Å². The van der Waals surface area contributed by atoms with Crippen LogP contribution in [0.4, 0.5) is 13.2 Å². The summed E-state index contributed by atoms with van der Waals surface area (Å²) in [6, 6.07) is 23.4. The van der Waals surface area contributed by atoms with E-state index in [2.05, 4.69) is 10.1 Å². The molecule has 5 aromatic rings. The molecule has 0 saturated heterocycles. The number of aryl methyl sites for hydroxylation is 3. The molecule has 36 heavy (non-hydrogen) atoms. The Balaban J connectivity index is 1.54. The summed E-state index contributed by atoms with van der Waals surface area (Å²) in [6.45, 7) is 5.95. The monoisotopic (exact) mass is 487 g/mol. The van der Waals surface area contributed by atoms with E-state index in [1.807, 2.05) is 62.4 Å². The fourth-order valence-corrected chi connectivity index (χ4v) is 4.18. The molecule has 182 valence electrons. The highest BCUT2D eigenvalue weighted by molar-refractivity contribution is 5.87. The first-order chi connectivity index (χ1) is 17.2. The van der Waals surface area contributed by atoms with Crippen LogP contribution in [-0.2, 0) is 12.8 Å². The number of hydrogen-bond acceptors (Lipinski definition) is 3. The van der Waals surface area contributed by atoms with Crippen LogP contribution >= 0.6 is 0 Å². The summed E-state index contributed by atoms with van der Waals surface area (Å²) in [5, 5.41) is 4.41. The van der Waals surface area contributed by atoms with Gasteiger partial charge in [-0.15, -0.1) is 0 Å². The van der Waals surface area contributed by atoms with Gasteiger partial charge in [0.1, 0.15) is 12.4 Å². The molecule has 0 aliphatic rings. The van der Waals surface area contributed by atoms with Crippen LogP contribution in [0.1, 0.15) is 27.9 Å². The molecule has 2 heterocycles. The molecule has 0 amide bonds. The molecule has 7 heteroatoms. The molecule has 0 aliphatic carbocycles. The summed E-state index contributed by atoms with van der Waals surface area (Å²) in [6.07, 6.45) is -4.56. The highest BCUT2D eigenvalue weighted by Gasteiger charge is 2.35. The molecule has 0 radical (unpaired) electrons. The summed E-state index contributed by atoms with van der Waals surface area (Å²) in [5.41, 5.74) is 4.36. The Morgan fingerprint density at radius 3 is 2.22 bits per heavy atom. The zero-order valence-electron chi connectivity index (χ0n) is 20.1. The number of rotatable bonds is 5. The van der Waals surface area contributed by atoms with Gasteiger partial charge in [0.25, 0.3) is 0 Å². The third-order valence-electron chi connectivity index (χ3n) is 6.20. The molecule has 2 aromatic heterocycles. The van der Waals surface area contributed by atoms with Crippen molar-refractivity contribution < 1.29 is 17.9 Å². The van der Waals surface area contributed by atoms with Crippen molar-refractivity contribution in [1.82, 2.24) is 14.8 Å². The van der Waals surface area contributed by atoms with Gasteiger partial charge >= 0.3 is 6.18 Å². The highest BCUT2D eigenvalue weighted by Crippen LogP contribution is 2.39. The number of benzene rings is 3. The third-order valence-corrected chi connectivity index (χ3v) is 6.20. The van der Waals surface area contributed by atoms with Gasteiger partial charge in [-0.25, -0.2) is 9.67 Å². The van der Waals surface area contributed by atoms with Gasteiger partial charge in [-0.1, -0.05) is 42.0 Å². The largest absolute Gasteiger partial charge is 0.489 e. The number of pyridine rings is 1. The number of nitrogens with zero attached hydrogens (tertiary/aromatic N) is 3. The molecule has 0 atom stereocenters. The average molecular weight is 488 g/mol. The summed E-state index contributed by atoms with van der Waals surface area (Å²) in [4.78, 5) is 4.63. The Kier molecular flexibility index (Phi) is 6.00. The minimum atomic E-state index is -4.56. The maximum atomic E-state index is 14.1. The first-order valence-electron chi connectivity index (χ1n) is 11.5. The van der Waals surface area contributed by atoms with Gasteiger partial charge in [0.2, 0.25) is 0 Å². The second kappa shape index (κ2) is 9.15. The summed E-state index contributed by atoms with van der Waals surface area (Å²) < 4.78 is 49.8. The Hall–Kier alpha value is -4.13. The van der Waals surface area contributed by atoms with Gasteiger partial charge in [0.15, 0.2) is 5.65 Å². The SMILES string of the molecule is Cc1ccc(-n2nc(C)c3c(C(F)(F)F)cc(-c4ccc(OCc5ccccc5C)cc4)nc32)cc1. The molecule has 0 aliphatic heterocycles. The van der Waals surface area contributed by atoms with Gasteiger partial charge in [0.05, 0.1) is 28.0 Å². The van der Waals surface area contributed by atoms with Gasteiger partial charge < -0.3 is 4.74 Å². The number of halogens is 3. The number of aromatic nitrogens is 3. The van der Waals surface area contributed by atoms with Crippen LogP contribution in [0.3, 0.4) is 0 Å². The maximum absolute atomic E-state index is 14.1. The fourth-order valence-electron chi connectivity index (χ4n) is 4.18. The zero-order valence-corrected chi connectivity index (χ0v) is 20.1. The van der Waals surface area contributed by atoms with Crippen LogP contribution in [0, 0.1) is 20.8 Å². The molecule has 5 rings (SSSR count). The van der Waals surface area contributed by atoms with Crippen molar-refractivity contribution >= 4 is 11.0 Å². The Labute approximate surface area is 207 Å². The van der Waals surface area contributed by atoms with Crippen molar-refractivity contribution in [1.29, 1.82) is 0 Å². The molecule has 0 spiro atoms. The Morgan fingerprint density at radius 1 is 0.861 bits per heavy atom. The second-order valence-electron chi connectivity index (χ2n) is 8.82. The van der Waals surface area contributed by atoms with Crippen molar-refractivity contribution in [3.63, 3.8) is 0 Å². The lowest BCUT2D eigenvalue weighted by Crippen LogP contribution is -2.08. The van der Waals surface area contributed by atoms with Gasteiger partial charge in [-0.3, -0.25) is 0 Å². The number of hydrogen-bond donors (Lipinski definition) is 0. The van der Waals surface area contributed by atoms with Gasteiger partial charge in [-0.2, -0.15) is 18.3 Å². The first kappa shape index (κ1) is 23.6. The summed E-state index contributed by atoms with van der Waals surface area (Å²) in [7, 11) is 0. The third kappa shape index (κ3) is 4.56. The predicted molar refractivity (Wildman–Crippen MR) is 134 cm³/mol. The molecule has 4 nitrogen and oxygen atoms in total. The number of ether oxygens (including phenoxy) is 1. The number of fused-ring (bicyclic) bond motifs is 1. The molecule has 0 unspecified atom stereocenters. The van der Waals surface area contributed by atoms with E-state index in [9.17, 15) is 13.2 Å². The van der Waals surface area contributed by atoms with Crippen LogP contribution in [0.2, 0.25) is 0 Å². The molecule has 0 fully saturated rings. The van der Waals surface area contributed by atoms with Crippen LogP contribution < -0.4 is 4.74 Å². The maximum Gasteiger partial charge on any atom is 0.417 e. The van der Waals surface area contributed by atoms with Crippen LogP contribution in [0.15, 0.2) is 78.9 Å². The van der Waals surface area contributed by atoms with Crippen LogP contribution in [-0.4, -0.2) is 14.8 Å². The lowest BCUT2D eigenvalue weighted by molar-refractivity contribution is -0.136.